The lowest BCUT2D eigenvalue weighted by molar-refractivity contribution is -0.127. The highest BCUT2D eigenvalue weighted by Crippen LogP contribution is 2.22. The summed E-state index contributed by atoms with van der Waals surface area (Å²) >= 11 is 0. The Morgan fingerprint density at radius 3 is 2.79 bits per heavy atom. The molecule has 0 unspecified atom stereocenters. The Kier molecular flexibility index (Phi) is 4.77. The predicted molar refractivity (Wildman–Crippen MR) is 107 cm³/mol. The van der Waals surface area contributed by atoms with E-state index in [9.17, 15) is 9.59 Å². The molecule has 0 saturated carbocycles. The van der Waals surface area contributed by atoms with Crippen LogP contribution in [0, 0.1) is 13.8 Å². The fourth-order valence-electron chi connectivity index (χ4n) is 3.56. The van der Waals surface area contributed by atoms with Crippen molar-refractivity contribution in [3.8, 4) is 5.75 Å². The predicted octanol–water partition coefficient (Wildman–Crippen LogP) is 3.33. The van der Waals surface area contributed by atoms with Crippen molar-refractivity contribution < 1.29 is 14.3 Å². The Morgan fingerprint density at radius 1 is 1.11 bits per heavy atom. The molecule has 3 aromatic rings. The minimum absolute atomic E-state index is 0.208. The maximum Gasteiger partial charge on any atom is 0.324 e. The van der Waals surface area contributed by atoms with Crippen molar-refractivity contribution in [1.82, 2.24) is 15.2 Å². The second-order valence-electron chi connectivity index (χ2n) is 7.17. The summed E-state index contributed by atoms with van der Waals surface area (Å²) in [7, 11) is 0. The van der Waals surface area contributed by atoms with E-state index in [1.54, 1.807) is 0 Å². The fourth-order valence-corrected chi connectivity index (χ4v) is 3.56. The second kappa shape index (κ2) is 7.38. The van der Waals surface area contributed by atoms with Gasteiger partial charge in [-0.25, -0.2) is 4.79 Å². The summed E-state index contributed by atoms with van der Waals surface area (Å²) in [5.41, 5.74) is 4.17. The summed E-state index contributed by atoms with van der Waals surface area (Å²) in [6.45, 7) is 4.46. The number of H-pyrrole nitrogens is 1. The highest BCUT2D eigenvalue weighted by Gasteiger charge is 2.38. The third kappa shape index (κ3) is 3.45. The molecule has 0 bridgehead atoms. The highest BCUT2D eigenvalue weighted by atomic mass is 16.5. The van der Waals surface area contributed by atoms with Crippen molar-refractivity contribution in [2.24, 2.45) is 0 Å². The molecule has 1 fully saturated rings. The summed E-state index contributed by atoms with van der Waals surface area (Å²) in [6, 6.07) is 13.0. The number of aromatic nitrogens is 1. The fraction of sp³-hybridized carbons (Fsp3) is 0.273. The van der Waals surface area contributed by atoms with Crippen LogP contribution in [0.1, 0.15) is 16.7 Å². The Balaban J connectivity index is 1.39. The zero-order valence-electron chi connectivity index (χ0n) is 16.0. The molecule has 3 amide bonds. The van der Waals surface area contributed by atoms with Gasteiger partial charge in [-0.3, -0.25) is 9.69 Å². The number of benzene rings is 2. The quantitative estimate of drug-likeness (QED) is 0.647. The van der Waals surface area contributed by atoms with Crippen LogP contribution in [-0.2, 0) is 11.2 Å². The number of hydrogen-bond acceptors (Lipinski definition) is 3. The van der Waals surface area contributed by atoms with Crippen molar-refractivity contribution in [2.45, 2.75) is 26.3 Å². The van der Waals surface area contributed by atoms with Crippen LogP contribution in [0.2, 0.25) is 0 Å². The zero-order valence-corrected chi connectivity index (χ0v) is 16.0. The number of nitrogens with one attached hydrogen (secondary N) is 2. The lowest BCUT2D eigenvalue weighted by atomic mass is 10.1. The van der Waals surface area contributed by atoms with E-state index in [0.717, 1.165) is 33.3 Å². The molecule has 1 saturated heterocycles. The Labute approximate surface area is 163 Å². The molecule has 6 heteroatoms. The topological polar surface area (TPSA) is 74.4 Å². The zero-order chi connectivity index (χ0) is 19.7. The highest BCUT2D eigenvalue weighted by molar-refractivity contribution is 6.04. The van der Waals surface area contributed by atoms with Crippen LogP contribution in [0.5, 0.6) is 5.75 Å². The number of imide groups is 1. The smallest absolute Gasteiger partial charge is 0.324 e. The Bertz CT molecular complexity index is 1040. The number of fused-ring (bicyclic) bond motifs is 1. The van der Waals surface area contributed by atoms with E-state index in [4.69, 9.17) is 4.74 Å². The molecule has 1 aliphatic rings. The monoisotopic (exact) mass is 377 g/mol. The molecule has 1 aromatic heterocycles. The first-order chi connectivity index (χ1) is 13.5. The van der Waals surface area contributed by atoms with E-state index in [1.807, 2.05) is 62.5 Å². The van der Waals surface area contributed by atoms with Crippen molar-refractivity contribution in [3.63, 3.8) is 0 Å². The molecule has 0 spiro atoms. The molecule has 2 N–H and O–H groups in total. The number of amides is 3. The number of ether oxygens (including phenoxy) is 1. The molecule has 4 rings (SSSR count). The number of urea groups is 1. The molecule has 6 nitrogen and oxygen atoms in total. The normalized spacial score (nSPS) is 16.6. The first-order valence-corrected chi connectivity index (χ1v) is 9.40. The minimum atomic E-state index is -0.549. The Morgan fingerprint density at radius 2 is 1.93 bits per heavy atom. The van der Waals surface area contributed by atoms with Gasteiger partial charge < -0.3 is 15.0 Å². The van der Waals surface area contributed by atoms with Crippen LogP contribution >= 0.6 is 0 Å². The molecule has 144 valence electrons. The summed E-state index contributed by atoms with van der Waals surface area (Å²) < 4.78 is 5.80. The van der Waals surface area contributed by atoms with Crippen LogP contribution in [0.3, 0.4) is 0 Å². The molecule has 0 aliphatic carbocycles. The molecule has 1 aliphatic heterocycles. The summed E-state index contributed by atoms with van der Waals surface area (Å²) in [4.78, 5) is 29.4. The molecular weight excluding hydrogens is 354 g/mol. The molecular formula is C22H23N3O3. The van der Waals surface area contributed by atoms with Gasteiger partial charge in [-0.2, -0.15) is 0 Å². The van der Waals surface area contributed by atoms with Crippen molar-refractivity contribution in [3.05, 3.63) is 65.4 Å². The number of para-hydroxylation sites is 1. The van der Waals surface area contributed by atoms with Gasteiger partial charge in [0.05, 0.1) is 6.54 Å². The minimum Gasteiger partial charge on any atom is -0.491 e. The number of carbonyl (C=O) groups is 2. The number of aromatic amines is 1. The second-order valence-corrected chi connectivity index (χ2v) is 7.17. The van der Waals surface area contributed by atoms with Crippen molar-refractivity contribution in [1.29, 1.82) is 0 Å². The number of nitrogens with zero attached hydrogens (tertiary/aromatic N) is 1. The van der Waals surface area contributed by atoms with Gasteiger partial charge in [-0.15, -0.1) is 0 Å². The van der Waals surface area contributed by atoms with Gasteiger partial charge >= 0.3 is 6.03 Å². The van der Waals surface area contributed by atoms with E-state index >= 15 is 0 Å². The average Bonchev–Trinajstić information content (AvgIpc) is 3.20. The average molecular weight is 377 g/mol. The van der Waals surface area contributed by atoms with Gasteiger partial charge in [-0.05, 0) is 42.7 Å². The van der Waals surface area contributed by atoms with E-state index < -0.39 is 6.04 Å². The van der Waals surface area contributed by atoms with Gasteiger partial charge in [0.2, 0.25) is 0 Å². The maximum absolute atomic E-state index is 12.7. The third-order valence-corrected chi connectivity index (χ3v) is 5.12. The van der Waals surface area contributed by atoms with Crippen LogP contribution in [-0.4, -0.2) is 41.0 Å². The Hall–Kier alpha value is -3.28. The molecule has 2 heterocycles. The van der Waals surface area contributed by atoms with Crippen LogP contribution in [0.25, 0.3) is 10.9 Å². The number of aryl methyl sites for hydroxylation is 2. The third-order valence-electron chi connectivity index (χ3n) is 5.12. The van der Waals surface area contributed by atoms with Gasteiger partial charge in [-0.1, -0.05) is 30.3 Å². The summed E-state index contributed by atoms with van der Waals surface area (Å²) in [5.74, 6) is 0.572. The van der Waals surface area contributed by atoms with Crippen LogP contribution < -0.4 is 10.1 Å². The largest absolute Gasteiger partial charge is 0.491 e. The molecule has 2 aromatic carbocycles. The standard InChI is InChI=1S/C22H23N3O3/c1-14-7-8-15(2)20(11-14)28-10-9-25-21(26)19(24-22(25)27)12-16-13-23-18-6-4-3-5-17(16)18/h3-8,11,13,19,23H,9-10,12H2,1-2H3,(H,24,27)/t19-/m1/s1. The lowest BCUT2D eigenvalue weighted by Crippen LogP contribution is -2.35. The van der Waals surface area contributed by atoms with Crippen LogP contribution in [0.4, 0.5) is 4.79 Å². The number of hydrogen-bond donors (Lipinski definition) is 2. The first-order valence-electron chi connectivity index (χ1n) is 9.40. The molecule has 0 radical (unpaired) electrons. The van der Waals surface area contributed by atoms with E-state index in [1.165, 1.54) is 4.90 Å². The van der Waals surface area contributed by atoms with Gasteiger partial charge in [0.15, 0.2) is 0 Å². The molecule has 1 atom stereocenters. The van der Waals surface area contributed by atoms with Crippen molar-refractivity contribution >= 4 is 22.8 Å². The molecule has 28 heavy (non-hydrogen) atoms. The van der Waals surface area contributed by atoms with Crippen LogP contribution in [0.15, 0.2) is 48.7 Å². The van der Waals surface area contributed by atoms with Gasteiger partial charge in [0.25, 0.3) is 5.91 Å². The van der Waals surface area contributed by atoms with Crippen molar-refractivity contribution in [2.75, 3.05) is 13.2 Å². The lowest BCUT2D eigenvalue weighted by Gasteiger charge is -2.15. The first kappa shape index (κ1) is 18.1. The summed E-state index contributed by atoms with van der Waals surface area (Å²) in [6.07, 6.45) is 2.36. The number of rotatable bonds is 6. The van der Waals surface area contributed by atoms with E-state index in [2.05, 4.69) is 10.3 Å². The summed E-state index contributed by atoms with van der Waals surface area (Å²) in [5, 5.41) is 3.86. The van der Waals surface area contributed by atoms with E-state index in [0.29, 0.717) is 6.42 Å². The number of carbonyl (C=O) groups excluding carboxylic acids is 2. The van der Waals surface area contributed by atoms with Gasteiger partial charge in [0, 0.05) is 23.5 Å². The SMILES string of the molecule is Cc1ccc(C)c(OCCN2C(=O)N[C@H](Cc3c[nH]c4ccccc34)C2=O)c1. The van der Waals surface area contributed by atoms with E-state index in [-0.39, 0.29) is 25.1 Å². The van der Waals surface area contributed by atoms with Gasteiger partial charge in [0.1, 0.15) is 18.4 Å². The maximum atomic E-state index is 12.7.